The molecule has 1 aromatic rings. The Morgan fingerprint density at radius 1 is 1.18 bits per heavy atom. The zero-order chi connectivity index (χ0) is 24.0. The number of aryl methyl sites for hydroxylation is 1. The molecule has 6 N–H and O–H groups in total. The largest absolute Gasteiger partial charge is 0.371 e. The average Bonchev–Trinajstić information content (AvgIpc) is 2.77. The number of carbonyl (C=O) groups excluding carboxylic acids is 2. The van der Waals surface area contributed by atoms with Crippen molar-refractivity contribution in [2.24, 2.45) is 5.73 Å². The van der Waals surface area contributed by atoms with E-state index in [0.717, 1.165) is 5.56 Å². The van der Waals surface area contributed by atoms with E-state index in [2.05, 4.69) is 10.0 Å². The molecule has 2 saturated heterocycles. The molecular weight excluding hydrogens is 448 g/mol. The maximum absolute atomic E-state index is 12.8. The highest BCUT2D eigenvalue weighted by Crippen LogP contribution is 2.16. The maximum Gasteiger partial charge on any atom is 0.241 e. The minimum absolute atomic E-state index is 0.131. The molecule has 0 radical (unpaired) electrons. The van der Waals surface area contributed by atoms with E-state index in [1.54, 1.807) is 0 Å². The first-order valence-corrected chi connectivity index (χ1v) is 12.7. The van der Waals surface area contributed by atoms with E-state index in [9.17, 15) is 23.1 Å². The van der Waals surface area contributed by atoms with Crippen molar-refractivity contribution >= 4 is 27.8 Å². The van der Waals surface area contributed by atoms with E-state index in [-0.39, 0.29) is 18.3 Å². The third-order valence-corrected chi connectivity index (χ3v) is 7.32. The summed E-state index contributed by atoms with van der Waals surface area (Å²) in [5.41, 5.74) is 6.36. The van der Waals surface area contributed by atoms with Crippen molar-refractivity contribution in [2.75, 3.05) is 25.4 Å². The second-order valence-corrected chi connectivity index (χ2v) is 10.3. The Labute approximate surface area is 193 Å². The predicted molar refractivity (Wildman–Crippen MR) is 122 cm³/mol. The number of likely N-dealkylation sites (tertiary alicyclic amines) is 2. The zero-order valence-corrected chi connectivity index (χ0v) is 19.3. The van der Waals surface area contributed by atoms with E-state index < -0.39 is 40.1 Å². The van der Waals surface area contributed by atoms with Gasteiger partial charge in [0.1, 0.15) is 12.3 Å². The molecular formula is C21H32N6O5S. The average molecular weight is 481 g/mol. The zero-order valence-electron chi connectivity index (χ0n) is 18.4. The van der Waals surface area contributed by atoms with Crippen LogP contribution in [0.5, 0.6) is 0 Å². The molecule has 12 heteroatoms. The number of benzene rings is 1. The van der Waals surface area contributed by atoms with Gasteiger partial charge in [0.25, 0.3) is 0 Å². The van der Waals surface area contributed by atoms with Crippen LogP contribution in [0.15, 0.2) is 30.3 Å². The van der Waals surface area contributed by atoms with Crippen LogP contribution in [-0.4, -0.2) is 84.8 Å². The van der Waals surface area contributed by atoms with Crippen LogP contribution in [0.1, 0.15) is 31.2 Å². The smallest absolute Gasteiger partial charge is 0.241 e. The molecule has 33 heavy (non-hydrogen) atoms. The van der Waals surface area contributed by atoms with Crippen LogP contribution in [0.3, 0.4) is 0 Å². The van der Waals surface area contributed by atoms with Crippen LogP contribution < -0.4 is 15.8 Å². The van der Waals surface area contributed by atoms with Gasteiger partial charge in [0.15, 0.2) is 5.96 Å². The number of rotatable bonds is 8. The molecule has 2 unspecified atom stereocenters. The van der Waals surface area contributed by atoms with Gasteiger partial charge in [-0.25, -0.2) is 13.1 Å². The van der Waals surface area contributed by atoms with Gasteiger partial charge in [-0.1, -0.05) is 30.3 Å². The lowest BCUT2D eigenvalue weighted by molar-refractivity contribution is -0.140. The number of aliphatic hydroxyl groups excluding tert-OH is 1. The molecule has 0 aliphatic carbocycles. The van der Waals surface area contributed by atoms with Crippen molar-refractivity contribution < 1.29 is 23.1 Å². The molecule has 2 fully saturated rings. The molecule has 2 aliphatic rings. The number of hydrogen-bond acceptors (Lipinski definition) is 6. The summed E-state index contributed by atoms with van der Waals surface area (Å²) in [5, 5.41) is 20.6. The maximum atomic E-state index is 12.8. The molecule has 2 heterocycles. The van der Waals surface area contributed by atoms with E-state index >= 15 is 0 Å². The third kappa shape index (κ3) is 6.89. The molecule has 0 aromatic heterocycles. The molecule has 2 amide bonds. The van der Waals surface area contributed by atoms with Crippen molar-refractivity contribution in [3.05, 3.63) is 35.9 Å². The van der Waals surface area contributed by atoms with Crippen molar-refractivity contribution in [1.82, 2.24) is 19.8 Å². The molecule has 0 bridgehead atoms. The Morgan fingerprint density at radius 2 is 1.88 bits per heavy atom. The van der Waals surface area contributed by atoms with Crippen molar-refractivity contribution in [3.63, 3.8) is 0 Å². The van der Waals surface area contributed by atoms with Gasteiger partial charge >= 0.3 is 0 Å². The number of nitrogens with two attached hydrogens (primary N) is 1. The molecule has 3 atom stereocenters. The monoisotopic (exact) mass is 480 g/mol. The summed E-state index contributed by atoms with van der Waals surface area (Å²) < 4.78 is 27.5. The van der Waals surface area contributed by atoms with Crippen LogP contribution in [0.25, 0.3) is 0 Å². The Morgan fingerprint density at radius 3 is 2.58 bits per heavy atom. The van der Waals surface area contributed by atoms with Gasteiger partial charge in [0, 0.05) is 13.1 Å². The lowest BCUT2D eigenvalue weighted by Gasteiger charge is -2.39. The van der Waals surface area contributed by atoms with Gasteiger partial charge in [-0.3, -0.25) is 15.0 Å². The van der Waals surface area contributed by atoms with Gasteiger partial charge in [-0.2, -0.15) is 0 Å². The lowest BCUT2D eigenvalue weighted by atomic mass is 10.0. The molecule has 0 saturated carbocycles. The SMILES string of the molecule is N=C(N)N1CCC[C@H](NC(=O)CN2CCCC(NS(=O)(=O)CCc3ccccc3)C2=O)C1O. The van der Waals surface area contributed by atoms with Crippen LogP contribution in [0, 0.1) is 5.41 Å². The summed E-state index contributed by atoms with van der Waals surface area (Å²) in [6.07, 6.45) is 1.34. The molecule has 1 aromatic carbocycles. The molecule has 3 rings (SSSR count). The predicted octanol–water partition coefficient (Wildman–Crippen LogP) is -1.07. The van der Waals surface area contributed by atoms with Crippen LogP contribution in [-0.2, 0) is 26.0 Å². The number of carbonyl (C=O) groups is 2. The van der Waals surface area contributed by atoms with E-state index in [4.69, 9.17) is 11.1 Å². The standard InChI is InChI=1S/C21H32N6O5S/c22-21(23)27-12-5-8-16(20(27)30)24-18(28)14-26-11-4-9-17(19(26)29)25-33(31,32)13-10-15-6-2-1-3-7-15/h1-3,6-7,16-17,20,25,30H,4-5,8-14H2,(H3,22,23)(H,24,28)/t16-,17?,20?/m0/s1. The molecule has 11 nitrogen and oxygen atoms in total. The summed E-state index contributed by atoms with van der Waals surface area (Å²) >= 11 is 0. The molecule has 2 aliphatic heterocycles. The van der Waals surface area contributed by atoms with E-state index in [1.165, 1.54) is 9.80 Å². The highest BCUT2D eigenvalue weighted by molar-refractivity contribution is 7.89. The van der Waals surface area contributed by atoms with Crippen LogP contribution in [0.4, 0.5) is 0 Å². The summed E-state index contributed by atoms with van der Waals surface area (Å²) in [6.45, 7) is 0.547. The number of nitrogens with one attached hydrogen (secondary N) is 3. The molecule has 0 spiro atoms. The first-order valence-electron chi connectivity index (χ1n) is 11.1. The Bertz CT molecular complexity index is 957. The Kier molecular flexibility index (Phi) is 8.27. The van der Waals surface area contributed by atoms with Gasteiger partial charge in [0.05, 0.1) is 18.3 Å². The fraction of sp³-hybridized carbons (Fsp3) is 0.571. The van der Waals surface area contributed by atoms with Gasteiger partial charge in [-0.05, 0) is 37.7 Å². The number of sulfonamides is 1. The Hall–Kier alpha value is -2.70. The topological polar surface area (TPSA) is 169 Å². The van der Waals surface area contributed by atoms with E-state index in [0.29, 0.717) is 45.2 Å². The number of hydrogen-bond donors (Lipinski definition) is 5. The summed E-state index contributed by atoms with van der Waals surface area (Å²) in [5.74, 6) is -1.29. The minimum Gasteiger partial charge on any atom is -0.371 e. The number of piperidine rings is 2. The minimum atomic E-state index is -3.68. The highest BCUT2D eigenvalue weighted by atomic mass is 32.2. The lowest BCUT2D eigenvalue weighted by Crippen LogP contribution is -2.60. The first kappa shape index (κ1) is 24.9. The first-order chi connectivity index (χ1) is 15.7. The van der Waals surface area contributed by atoms with Gasteiger partial charge in [0.2, 0.25) is 21.8 Å². The van der Waals surface area contributed by atoms with Crippen molar-refractivity contribution in [2.45, 2.75) is 50.4 Å². The fourth-order valence-corrected chi connectivity index (χ4v) is 5.47. The van der Waals surface area contributed by atoms with Gasteiger partial charge < -0.3 is 26.0 Å². The summed E-state index contributed by atoms with van der Waals surface area (Å²) in [4.78, 5) is 28.0. The molecule has 182 valence electrons. The summed E-state index contributed by atoms with van der Waals surface area (Å²) in [7, 11) is -3.68. The highest BCUT2D eigenvalue weighted by Gasteiger charge is 2.35. The van der Waals surface area contributed by atoms with Crippen molar-refractivity contribution in [1.29, 1.82) is 5.41 Å². The number of nitrogens with zero attached hydrogens (tertiary/aromatic N) is 2. The number of amides is 2. The fourth-order valence-electron chi connectivity index (χ4n) is 4.19. The third-order valence-electron chi connectivity index (χ3n) is 5.94. The quantitative estimate of drug-likeness (QED) is 0.233. The summed E-state index contributed by atoms with van der Waals surface area (Å²) in [6, 6.07) is 7.72. The Balaban J connectivity index is 1.52. The van der Waals surface area contributed by atoms with Gasteiger partial charge in [-0.15, -0.1) is 0 Å². The normalized spacial score (nSPS) is 23.9. The van der Waals surface area contributed by atoms with Crippen molar-refractivity contribution in [3.8, 4) is 0 Å². The van der Waals surface area contributed by atoms with Crippen LogP contribution in [0.2, 0.25) is 0 Å². The van der Waals surface area contributed by atoms with E-state index in [1.807, 2.05) is 30.3 Å². The second kappa shape index (κ2) is 10.9. The second-order valence-electron chi connectivity index (χ2n) is 8.44. The number of guanidine groups is 1. The number of aliphatic hydroxyl groups is 1. The van der Waals surface area contributed by atoms with Crippen LogP contribution >= 0.6 is 0 Å².